The Labute approximate surface area is 234 Å². The van der Waals surface area contributed by atoms with Crippen LogP contribution in [0.25, 0.3) is 22.3 Å². The van der Waals surface area contributed by atoms with Crippen molar-refractivity contribution >= 4 is 39.7 Å². The first kappa shape index (κ1) is 26.7. The number of fused-ring (bicyclic) bond motifs is 2. The van der Waals surface area contributed by atoms with E-state index in [1.54, 1.807) is 11.0 Å². The van der Waals surface area contributed by atoms with Gasteiger partial charge in [-0.05, 0) is 36.3 Å². The van der Waals surface area contributed by atoms with Crippen LogP contribution in [0.5, 0.6) is 11.5 Å². The second kappa shape index (κ2) is 10.5. The molecule has 6 rings (SSSR count). The lowest BCUT2D eigenvalue weighted by Gasteiger charge is -2.24. The van der Waals surface area contributed by atoms with Crippen molar-refractivity contribution in [1.82, 2.24) is 39.4 Å². The Bertz CT molecular complexity index is 1890. The van der Waals surface area contributed by atoms with Crippen LogP contribution in [-0.2, 0) is 11.0 Å². The molecule has 0 saturated heterocycles. The normalized spacial score (nSPS) is 13.7. The lowest BCUT2D eigenvalue weighted by molar-refractivity contribution is -0.140. The predicted octanol–water partition coefficient (Wildman–Crippen LogP) is 4.96. The quantitative estimate of drug-likeness (QED) is 0.220. The van der Waals surface area contributed by atoms with Crippen LogP contribution in [0, 0.1) is 5.82 Å². The molecule has 0 spiro atoms. The van der Waals surface area contributed by atoms with Crippen LogP contribution in [0.1, 0.15) is 17.8 Å². The Kier molecular flexibility index (Phi) is 6.68. The van der Waals surface area contributed by atoms with E-state index in [0.29, 0.717) is 31.0 Å². The van der Waals surface area contributed by atoms with E-state index in [9.17, 15) is 18.0 Å². The van der Waals surface area contributed by atoms with Crippen molar-refractivity contribution in [3.63, 3.8) is 0 Å². The zero-order valence-electron chi connectivity index (χ0n) is 21.5. The molecular weight excluding hydrogens is 558 g/mol. The van der Waals surface area contributed by atoms with Crippen LogP contribution < -0.4 is 10.1 Å². The molecule has 11 nitrogen and oxygen atoms in total. The van der Waals surface area contributed by atoms with Gasteiger partial charge in [0, 0.05) is 25.4 Å². The van der Waals surface area contributed by atoms with Gasteiger partial charge in [0.25, 0.3) is 0 Å². The van der Waals surface area contributed by atoms with Gasteiger partial charge in [-0.25, -0.2) is 33.8 Å². The summed E-state index contributed by atoms with van der Waals surface area (Å²) in [7, 11) is 0. The second-order valence-electron chi connectivity index (χ2n) is 9.07. The van der Waals surface area contributed by atoms with Crippen molar-refractivity contribution in [2.75, 3.05) is 18.4 Å². The molecule has 0 atom stereocenters. The van der Waals surface area contributed by atoms with Gasteiger partial charge >= 0.3 is 6.18 Å². The minimum atomic E-state index is -5.09. The fraction of sp³-hybridized carbons (Fsp3) is 0.148. The molecule has 0 fully saturated rings. The number of carbonyl (C=O) groups excluding carboxylic acids is 1. The molecule has 0 aliphatic carbocycles. The molecule has 5 heterocycles. The summed E-state index contributed by atoms with van der Waals surface area (Å²) in [5.74, 6) is -2.21. The predicted molar refractivity (Wildman–Crippen MR) is 142 cm³/mol. The first-order valence-corrected chi connectivity index (χ1v) is 12.4. The third-order valence-corrected chi connectivity index (χ3v) is 6.48. The first-order chi connectivity index (χ1) is 20.2. The van der Waals surface area contributed by atoms with E-state index in [1.165, 1.54) is 41.4 Å². The van der Waals surface area contributed by atoms with E-state index in [0.717, 1.165) is 24.0 Å². The second-order valence-corrected chi connectivity index (χ2v) is 9.07. The number of hydrogen-bond acceptors (Lipinski definition) is 9. The number of alkyl halides is 3. The third-order valence-electron chi connectivity index (χ3n) is 6.48. The molecule has 0 bridgehead atoms. The van der Waals surface area contributed by atoms with E-state index < -0.39 is 29.0 Å². The molecule has 0 saturated carbocycles. The fourth-order valence-corrected chi connectivity index (χ4v) is 4.42. The Hall–Kier alpha value is -5.47. The number of halogens is 4. The number of benzene rings is 1. The summed E-state index contributed by atoms with van der Waals surface area (Å²) in [6.45, 7) is 4.26. The maximum atomic E-state index is 15.5. The largest absolute Gasteiger partial charge is 0.456 e. The highest BCUT2D eigenvalue weighted by atomic mass is 19.4. The molecule has 1 aromatic carbocycles. The minimum absolute atomic E-state index is 0.0149. The van der Waals surface area contributed by atoms with Crippen LogP contribution >= 0.6 is 0 Å². The van der Waals surface area contributed by atoms with Crippen molar-refractivity contribution in [2.45, 2.75) is 12.6 Å². The number of nitrogens with one attached hydrogen (secondary N) is 1. The molecule has 0 radical (unpaired) electrons. The molecule has 15 heteroatoms. The van der Waals surface area contributed by atoms with Gasteiger partial charge in [-0.2, -0.15) is 18.3 Å². The number of ether oxygens (including phenoxy) is 1. The number of pyridine rings is 1. The van der Waals surface area contributed by atoms with Crippen molar-refractivity contribution in [3.05, 3.63) is 85.2 Å². The Morgan fingerprint density at radius 2 is 1.98 bits per heavy atom. The minimum Gasteiger partial charge on any atom is -0.456 e. The number of amides is 1. The fourth-order valence-electron chi connectivity index (χ4n) is 4.42. The van der Waals surface area contributed by atoms with Crippen LogP contribution in [-0.4, -0.2) is 58.4 Å². The van der Waals surface area contributed by atoms with Gasteiger partial charge in [-0.15, -0.1) is 0 Å². The average Bonchev–Trinajstić information content (AvgIpc) is 3.45. The van der Waals surface area contributed by atoms with Gasteiger partial charge in [0.05, 0.1) is 11.9 Å². The summed E-state index contributed by atoms with van der Waals surface area (Å²) in [6, 6.07) is 4.88. The van der Waals surface area contributed by atoms with Crippen molar-refractivity contribution in [2.24, 2.45) is 0 Å². The van der Waals surface area contributed by atoms with Gasteiger partial charge in [-0.1, -0.05) is 12.7 Å². The van der Waals surface area contributed by atoms with E-state index in [1.807, 2.05) is 0 Å². The van der Waals surface area contributed by atoms with Gasteiger partial charge in [0.15, 0.2) is 23.1 Å². The van der Waals surface area contributed by atoms with Crippen molar-refractivity contribution in [1.29, 1.82) is 0 Å². The molecule has 4 aromatic heterocycles. The topological polar surface area (TPSA) is 123 Å². The van der Waals surface area contributed by atoms with E-state index >= 15 is 4.39 Å². The van der Waals surface area contributed by atoms with Gasteiger partial charge < -0.3 is 15.0 Å². The van der Waals surface area contributed by atoms with E-state index in [2.05, 4.69) is 41.9 Å². The molecule has 1 aliphatic heterocycles. The zero-order chi connectivity index (χ0) is 29.4. The van der Waals surface area contributed by atoms with Crippen molar-refractivity contribution in [3.8, 4) is 11.5 Å². The van der Waals surface area contributed by atoms with Crippen LogP contribution in [0.4, 0.5) is 29.1 Å². The van der Waals surface area contributed by atoms with Gasteiger partial charge in [0.2, 0.25) is 5.91 Å². The molecular formula is C27H19F4N9O2. The molecule has 5 aromatic rings. The Morgan fingerprint density at radius 3 is 2.74 bits per heavy atom. The number of hydrogen-bond donors (Lipinski definition) is 1. The molecule has 1 N–H and O–H groups in total. The maximum Gasteiger partial charge on any atom is 0.422 e. The summed E-state index contributed by atoms with van der Waals surface area (Å²) in [4.78, 5) is 34.5. The molecule has 212 valence electrons. The highest BCUT2D eigenvalue weighted by molar-refractivity contribution is 5.89. The molecule has 1 amide bonds. The number of carbonyl (C=O) groups is 1. The summed E-state index contributed by atoms with van der Waals surface area (Å²) in [6.07, 6.45) is 3.74. The monoisotopic (exact) mass is 577 g/mol. The van der Waals surface area contributed by atoms with Crippen molar-refractivity contribution < 1.29 is 27.1 Å². The van der Waals surface area contributed by atoms with Crippen LogP contribution in [0.2, 0.25) is 0 Å². The SMILES string of the molecule is C=CC(=O)N1CC=C(c2ncc3ncnc(Nc4ccc(Oc5ccn6ncnc6c5)c(C(F)(F)F)c4F)c3n2)CC1. The lowest BCUT2D eigenvalue weighted by Crippen LogP contribution is -2.33. The molecule has 0 unspecified atom stereocenters. The first-order valence-electron chi connectivity index (χ1n) is 12.4. The van der Waals surface area contributed by atoms with Gasteiger partial charge in [-0.3, -0.25) is 4.79 Å². The number of anilines is 2. The standard InChI is InChI=1S/C27H19F4N9O2/c1-2-21(41)39-8-5-15(6-9-39)25-32-12-18-24(38-25)26(35-13-33-18)37-17-3-4-19(22(23(17)28)27(29,30)31)42-16-7-10-40-20(11-16)34-14-36-40/h2-5,7,10-14H,1,6,8-9H2,(H,33,35,37). The zero-order valence-corrected chi connectivity index (χ0v) is 21.5. The highest BCUT2D eigenvalue weighted by Gasteiger charge is 2.39. The van der Waals surface area contributed by atoms with Gasteiger partial charge in [0.1, 0.15) is 40.8 Å². The summed E-state index contributed by atoms with van der Waals surface area (Å²) >= 11 is 0. The highest BCUT2D eigenvalue weighted by Crippen LogP contribution is 2.43. The maximum absolute atomic E-state index is 15.5. The van der Waals surface area contributed by atoms with Crippen LogP contribution in [0.3, 0.4) is 0 Å². The smallest absolute Gasteiger partial charge is 0.422 e. The summed E-state index contributed by atoms with van der Waals surface area (Å²) in [5, 5.41) is 6.54. The molecule has 1 aliphatic rings. The number of aromatic nitrogens is 7. The van der Waals surface area contributed by atoms with Crippen LogP contribution in [0.15, 0.2) is 68.0 Å². The number of rotatable bonds is 6. The summed E-state index contributed by atoms with van der Waals surface area (Å²) < 4.78 is 64.6. The Morgan fingerprint density at radius 1 is 1.12 bits per heavy atom. The molecule has 42 heavy (non-hydrogen) atoms. The lowest BCUT2D eigenvalue weighted by atomic mass is 10.1. The average molecular weight is 578 g/mol. The third kappa shape index (κ3) is 5.07. The summed E-state index contributed by atoms with van der Waals surface area (Å²) in [5.41, 5.74) is -0.550. The van der Waals surface area contributed by atoms with E-state index in [4.69, 9.17) is 4.74 Å². The van der Waals surface area contributed by atoms with E-state index in [-0.39, 0.29) is 28.5 Å². The number of nitrogens with zero attached hydrogens (tertiary/aromatic N) is 8. The Balaban J connectivity index is 1.33.